The highest BCUT2D eigenvalue weighted by molar-refractivity contribution is 5.82. The predicted molar refractivity (Wildman–Crippen MR) is 117 cm³/mol. The van der Waals surface area contributed by atoms with Gasteiger partial charge in [0.2, 0.25) is 17.8 Å². The summed E-state index contributed by atoms with van der Waals surface area (Å²) in [6, 6.07) is 11.3. The van der Waals surface area contributed by atoms with Crippen molar-refractivity contribution >= 4 is 11.7 Å². The SMILES string of the molecule is CCc1nc(-c2ccc(N3CCN(C(=O)C4Oc5ccccc5OC4C)CC3)nc2)no1. The second-order valence-electron chi connectivity index (χ2n) is 7.89. The number of nitrogens with zero attached hydrogens (tertiary/aromatic N) is 5. The lowest BCUT2D eigenvalue weighted by molar-refractivity contribution is -0.144. The first-order valence-corrected chi connectivity index (χ1v) is 10.9. The zero-order valence-corrected chi connectivity index (χ0v) is 18.1. The summed E-state index contributed by atoms with van der Waals surface area (Å²) >= 11 is 0. The van der Waals surface area contributed by atoms with Crippen molar-refractivity contribution in [3.8, 4) is 22.9 Å². The molecule has 32 heavy (non-hydrogen) atoms. The number of anilines is 1. The van der Waals surface area contributed by atoms with Crippen LogP contribution in [0.4, 0.5) is 5.82 Å². The number of aryl methyl sites for hydroxylation is 1. The van der Waals surface area contributed by atoms with E-state index in [-0.39, 0.29) is 12.0 Å². The van der Waals surface area contributed by atoms with Crippen LogP contribution in [0.15, 0.2) is 47.1 Å². The molecule has 9 heteroatoms. The van der Waals surface area contributed by atoms with Crippen molar-refractivity contribution in [1.82, 2.24) is 20.0 Å². The molecule has 2 aromatic heterocycles. The van der Waals surface area contributed by atoms with Crippen LogP contribution < -0.4 is 14.4 Å². The first-order valence-electron chi connectivity index (χ1n) is 10.9. The Morgan fingerprint density at radius 1 is 1.06 bits per heavy atom. The normalized spacial score (nSPS) is 20.3. The third kappa shape index (κ3) is 3.86. The number of fused-ring (bicyclic) bond motifs is 1. The zero-order chi connectivity index (χ0) is 22.1. The Morgan fingerprint density at radius 3 is 2.47 bits per heavy atom. The maximum atomic E-state index is 13.1. The fraction of sp³-hybridized carbons (Fsp3) is 0.391. The Bertz CT molecular complexity index is 1090. The highest BCUT2D eigenvalue weighted by Crippen LogP contribution is 2.34. The van der Waals surface area contributed by atoms with Gasteiger partial charge in [0.1, 0.15) is 11.9 Å². The quantitative estimate of drug-likeness (QED) is 0.617. The number of rotatable bonds is 4. The Kier molecular flexibility index (Phi) is 5.38. The molecule has 0 radical (unpaired) electrons. The summed E-state index contributed by atoms with van der Waals surface area (Å²) in [7, 11) is 0. The molecule has 1 fully saturated rings. The number of ether oxygens (including phenoxy) is 2. The minimum Gasteiger partial charge on any atom is -0.482 e. The highest BCUT2D eigenvalue weighted by atomic mass is 16.6. The molecule has 1 amide bonds. The molecule has 0 bridgehead atoms. The van der Waals surface area contributed by atoms with Gasteiger partial charge in [-0.05, 0) is 31.2 Å². The van der Waals surface area contributed by atoms with Gasteiger partial charge in [-0.25, -0.2) is 4.98 Å². The number of hydrogen-bond donors (Lipinski definition) is 0. The van der Waals surface area contributed by atoms with Crippen molar-refractivity contribution in [3.05, 3.63) is 48.5 Å². The molecule has 2 aliphatic heterocycles. The third-order valence-electron chi connectivity index (χ3n) is 5.78. The Hall–Kier alpha value is -3.62. The Morgan fingerprint density at radius 2 is 1.81 bits per heavy atom. The van der Waals surface area contributed by atoms with Gasteiger partial charge in [-0.15, -0.1) is 0 Å². The lowest BCUT2D eigenvalue weighted by Crippen LogP contribution is -2.56. The molecule has 0 aliphatic carbocycles. The number of carbonyl (C=O) groups is 1. The smallest absolute Gasteiger partial charge is 0.267 e. The second kappa shape index (κ2) is 8.49. The van der Waals surface area contributed by atoms with Gasteiger partial charge in [-0.2, -0.15) is 4.98 Å². The standard InChI is InChI=1S/C23H25N5O4/c1-3-20-25-22(26-32-20)16-8-9-19(24-14-16)27-10-12-28(13-11-27)23(29)21-15(2)30-17-6-4-5-7-18(17)31-21/h4-9,14-15,21H,3,10-13H2,1-2H3. The van der Waals surface area contributed by atoms with Crippen molar-refractivity contribution in [1.29, 1.82) is 0 Å². The minimum atomic E-state index is -0.642. The van der Waals surface area contributed by atoms with E-state index < -0.39 is 6.10 Å². The van der Waals surface area contributed by atoms with Crippen LogP contribution in [0, 0.1) is 0 Å². The van der Waals surface area contributed by atoms with Gasteiger partial charge < -0.3 is 23.8 Å². The van der Waals surface area contributed by atoms with Gasteiger partial charge in [0.25, 0.3) is 5.91 Å². The molecule has 4 heterocycles. The van der Waals surface area contributed by atoms with Gasteiger partial charge >= 0.3 is 0 Å². The lowest BCUT2D eigenvalue weighted by atomic mass is 10.1. The van der Waals surface area contributed by atoms with Crippen LogP contribution in [0.25, 0.3) is 11.4 Å². The van der Waals surface area contributed by atoms with Crippen molar-refractivity contribution in [2.45, 2.75) is 32.5 Å². The topological polar surface area (TPSA) is 93.8 Å². The molecular weight excluding hydrogens is 410 g/mol. The molecule has 9 nitrogen and oxygen atoms in total. The van der Waals surface area contributed by atoms with E-state index in [1.54, 1.807) is 6.20 Å². The monoisotopic (exact) mass is 435 g/mol. The summed E-state index contributed by atoms with van der Waals surface area (Å²) in [5, 5.41) is 3.99. The summed E-state index contributed by atoms with van der Waals surface area (Å²) in [6.07, 6.45) is 1.47. The van der Waals surface area contributed by atoms with E-state index in [9.17, 15) is 4.79 Å². The summed E-state index contributed by atoms with van der Waals surface area (Å²) in [5.74, 6) is 3.25. The summed E-state index contributed by atoms with van der Waals surface area (Å²) < 4.78 is 17.0. The number of piperazine rings is 1. The van der Waals surface area contributed by atoms with Crippen LogP contribution in [-0.2, 0) is 11.2 Å². The minimum absolute atomic E-state index is 0.0428. The molecular formula is C23H25N5O4. The van der Waals surface area contributed by atoms with Crippen LogP contribution in [-0.4, -0.2) is 64.3 Å². The maximum Gasteiger partial charge on any atom is 0.267 e. The zero-order valence-electron chi connectivity index (χ0n) is 18.1. The van der Waals surface area contributed by atoms with Gasteiger partial charge in [0.15, 0.2) is 11.5 Å². The fourth-order valence-electron chi connectivity index (χ4n) is 3.95. The number of amides is 1. The van der Waals surface area contributed by atoms with Crippen LogP contribution >= 0.6 is 0 Å². The van der Waals surface area contributed by atoms with E-state index >= 15 is 0 Å². The van der Waals surface area contributed by atoms with Crippen LogP contribution in [0.2, 0.25) is 0 Å². The van der Waals surface area contributed by atoms with E-state index in [0.29, 0.717) is 55.8 Å². The number of para-hydroxylation sites is 2. The van der Waals surface area contributed by atoms with E-state index in [2.05, 4.69) is 20.0 Å². The predicted octanol–water partition coefficient (Wildman–Crippen LogP) is 2.57. The molecule has 0 spiro atoms. The largest absolute Gasteiger partial charge is 0.482 e. The number of pyridine rings is 1. The van der Waals surface area contributed by atoms with E-state index in [0.717, 1.165) is 11.4 Å². The van der Waals surface area contributed by atoms with Crippen LogP contribution in [0.5, 0.6) is 11.5 Å². The van der Waals surface area contributed by atoms with Gasteiger partial charge in [0, 0.05) is 44.4 Å². The van der Waals surface area contributed by atoms with Crippen molar-refractivity contribution < 1.29 is 18.8 Å². The number of benzene rings is 1. The van der Waals surface area contributed by atoms with E-state index in [1.165, 1.54) is 0 Å². The average Bonchev–Trinajstić information content (AvgIpc) is 3.33. The number of carbonyl (C=O) groups excluding carboxylic acids is 1. The highest BCUT2D eigenvalue weighted by Gasteiger charge is 2.37. The molecule has 166 valence electrons. The summed E-state index contributed by atoms with van der Waals surface area (Å²) in [5.41, 5.74) is 0.815. The Balaban J connectivity index is 1.20. The van der Waals surface area contributed by atoms with Gasteiger partial charge in [0.05, 0.1) is 0 Å². The first kappa shape index (κ1) is 20.3. The molecule has 0 saturated carbocycles. The lowest BCUT2D eigenvalue weighted by Gasteiger charge is -2.39. The van der Waals surface area contributed by atoms with Crippen LogP contribution in [0.3, 0.4) is 0 Å². The first-order chi connectivity index (χ1) is 15.6. The van der Waals surface area contributed by atoms with Gasteiger partial charge in [-0.1, -0.05) is 24.2 Å². The summed E-state index contributed by atoms with van der Waals surface area (Å²) in [6.45, 7) is 6.42. The van der Waals surface area contributed by atoms with E-state index in [1.807, 2.05) is 55.1 Å². The van der Waals surface area contributed by atoms with Crippen molar-refractivity contribution in [2.24, 2.45) is 0 Å². The number of aromatic nitrogens is 3. The molecule has 5 rings (SSSR count). The fourth-order valence-corrected chi connectivity index (χ4v) is 3.95. The van der Waals surface area contributed by atoms with Crippen LogP contribution in [0.1, 0.15) is 19.7 Å². The van der Waals surface area contributed by atoms with Crippen molar-refractivity contribution in [3.63, 3.8) is 0 Å². The molecule has 1 aromatic carbocycles. The maximum absolute atomic E-state index is 13.1. The molecule has 2 unspecified atom stereocenters. The molecule has 0 N–H and O–H groups in total. The van der Waals surface area contributed by atoms with Gasteiger partial charge in [-0.3, -0.25) is 4.79 Å². The van der Waals surface area contributed by atoms with Crippen molar-refractivity contribution in [2.75, 3.05) is 31.1 Å². The molecule has 2 aliphatic rings. The molecule has 3 aromatic rings. The second-order valence-corrected chi connectivity index (χ2v) is 7.89. The summed E-state index contributed by atoms with van der Waals surface area (Å²) in [4.78, 5) is 26.0. The third-order valence-corrected chi connectivity index (χ3v) is 5.78. The molecule has 1 saturated heterocycles. The molecule has 2 atom stereocenters. The Labute approximate surface area is 185 Å². The number of hydrogen-bond acceptors (Lipinski definition) is 8. The average molecular weight is 435 g/mol. The van der Waals surface area contributed by atoms with E-state index in [4.69, 9.17) is 14.0 Å².